The van der Waals surface area contributed by atoms with Gasteiger partial charge in [-0.05, 0) is 44.9 Å². The molecule has 0 bridgehead atoms. The molecule has 1 aromatic heterocycles. The Morgan fingerprint density at radius 1 is 1.29 bits per heavy atom. The van der Waals surface area contributed by atoms with Gasteiger partial charge in [-0.2, -0.15) is 0 Å². The van der Waals surface area contributed by atoms with E-state index in [1.165, 1.54) is 30.3 Å². The number of likely N-dealkylation sites (N-methyl/N-ethyl adjacent to an activating group) is 1. The van der Waals surface area contributed by atoms with Crippen molar-refractivity contribution in [1.29, 1.82) is 0 Å². The average Bonchev–Trinajstić information content (AvgIpc) is 2.54. The van der Waals surface area contributed by atoms with E-state index in [9.17, 15) is 0 Å². The van der Waals surface area contributed by atoms with Crippen LogP contribution in [-0.4, -0.2) is 30.2 Å². The first-order valence-electron chi connectivity index (χ1n) is 8.15. The Hall–Kier alpha value is -1.61. The van der Waals surface area contributed by atoms with E-state index in [4.69, 9.17) is 0 Å². The molecule has 2 atom stereocenters. The Morgan fingerprint density at radius 3 is 3.00 bits per heavy atom. The van der Waals surface area contributed by atoms with Crippen molar-refractivity contribution >= 4 is 16.6 Å². The summed E-state index contributed by atoms with van der Waals surface area (Å²) in [5.41, 5.74) is 2.44. The fraction of sp³-hybridized carbons (Fsp3) is 0.500. The van der Waals surface area contributed by atoms with Crippen molar-refractivity contribution in [3.8, 4) is 0 Å². The van der Waals surface area contributed by atoms with Crippen molar-refractivity contribution in [2.45, 2.75) is 45.2 Å². The third kappa shape index (κ3) is 2.88. The second-order valence-electron chi connectivity index (χ2n) is 5.95. The van der Waals surface area contributed by atoms with Gasteiger partial charge in [0.25, 0.3) is 0 Å². The molecule has 2 unspecified atom stereocenters. The highest BCUT2D eigenvalue weighted by molar-refractivity contribution is 5.91. The Balaban J connectivity index is 1.98. The van der Waals surface area contributed by atoms with Crippen LogP contribution in [0.25, 0.3) is 10.9 Å². The lowest BCUT2D eigenvalue weighted by Crippen LogP contribution is -2.51. The fourth-order valence-electron chi connectivity index (χ4n) is 3.57. The molecule has 3 rings (SSSR count). The number of rotatable bonds is 4. The van der Waals surface area contributed by atoms with Crippen molar-refractivity contribution in [1.82, 2.24) is 10.3 Å². The number of hydrogen-bond donors (Lipinski definition) is 1. The number of fused-ring (bicyclic) bond motifs is 1. The van der Waals surface area contributed by atoms with Crippen LogP contribution in [0.2, 0.25) is 0 Å². The van der Waals surface area contributed by atoms with Gasteiger partial charge in [-0.3, -0.25) is 4.98 Å². The Bertz CT molecular complexity index is 591. The molecule has 3 nitrogen and oxygen atoms in total. The summed E-state index contributed by atoms with van der Waals surface area (Å²) >= 11 is 0. The third-order valence-corrected chi connectivity index (χ3v) is 4.59. The van der Waals surface area contributed by atoms with Crippen LogP contribution in [-0.2, 0) is 0 Å². The molecule has 1 aromatic carbocycles. The second-order valence-corrected chi connectivity index (χ2v) is 5.95. The molecular formula is C18H25N3. The van der Waals surface area contributed by atoms with Gasteiger partial charge in [0.05, 0.1) is 5.52 Å². The summed E-state index contributed by atoms with van der Waals surface area (Å²) in [5, 5.41) is 4.88. The summed E-state index contributed by atoms with van der Waals surface area (Å²) in [6.07, 6.45) is 5.83. The van der Waals surface area contributed by atoms with Gasteiger partial charge in [-0.25, -0.2) is 0 Å². The third-order valence-electron chi connectivity index (χ3n) is 4.59. The molecule has 1 saturated heterocycles. The van der Waals surface area contributed by atoms with Crippen LogP contribution in [0.15, 0.2) is 36.5 Å². The summed E-state index contributed by atoms with van der Waals surface area (Å²) < 4.78 is 0. The van der Waals surface area contributed by atoms with Crippen LogP contribution >= 0.6 is 0 Å². The summed E-state index contributed by atoms with van der Waals surface area (Å²) in [6.45, 7) is 6.68. The molecule has 1 fully saturated rings. The standard InChI is InChI=1S/C18H25N3/c1-3-19-14(2)17-10-6-7-13-21(17)18-11-12-20-16-9-5-4-8-15(16)18/h4-5,8-9,11-12,14,17,19H,3,6-7,10,13H2,1-2H3. The maximum Gasteiger partial charge on any atom is 0.0722 e. The summed E-state index contributed by atoms with van der Waals surface area (Å²) in [7, 11) is 0. The van der Waals surface area contributed by atoms with E-state index in [0.717, 1.165) is 18.6 Å². The van der Waals surface area contributed by atoms with Gasteiger partial charge in [0.1, 0.15) is 0 Å². The highest BCUT2D eigenvalue weighted by atomic mass is 15.2. The quantitative estimate of drug-likeness (QED) is 0.929. The van der Waals surface area contributed by atoms with Gasteiger partial charge in [-0.15, -0.1) is 0 Å². The van der Waals surface area contributed by atoms with Crippen molar-refractivity contribution < 1.29 is 0 Å². The van der Waals surface area contributed by atoms with E-state index in [1.54, 1.807) is 0 Å². The number of para-hydroxylation sites is 1. The molecule has 3 heteroatoms. The van der Waals surface area contributed by atoms with Gasteiger partial charge >= 0.3 is 0 Å². The molecule has 0 aliphatic carbocycles. The number of anilines is 1. The molecule has 0 amide bonds. The first-order chi connectivity index (χ1) is 10.3. The first kappa shape index (κ1) is 14.3. The minimum Gasteiger partial charge on any atom is -0.366 e. The van der Waals surface area contributed by atoms with E-state index in [-0.39, 0.29) is 0 Å². The first-order valence-corrected chi connectivity index (χ1v) is 8.15. The topological polar surface area (TPSA) is 28.2 Å². The lowest BCUT2D eigenvalue weighted by molar-refractivity contribution is 0.373. The predicted molar refractivity (Wildman–Crippen MR) is 89.9 cm³/mol. The number of aromatic nitrogens is 1. The van der Waals surface area contributed by atoms with Crippen LogP contribution in [0, 0.1) is 0 Å². The van der Waals surface area contributed by atoms with Crippen LogP contribution < -0.4 is 10.2 Å². The van der Waals surface area contributed by atoms with Gasteiger partial charge in [0, 0.05) is 35.9 Å². The molecule has 21 heavy (non-hydrogen) atoms. The number of hydrogen-bond acceptors (Lipinski definition) is 3. The van der Waals surface area contributed by atoms with E-state index in [2.05, 4.69) is 59.4 Å². The summed E-state index contributed by atoms with van der Waals surface area (Å²) in [4.78, 5) is 7.10. The molecule has 0 radical (unpaired) electrons. The molecule has 1 aliphatic rings. The number of nitrogens with zero attached hydrogens (tertiary/aromatic N) is 2. The lowest BCUT2D eigenvalue weighted by atomic mass is 9.95. The zero-order valence-electron chi connectivity index (χ0n) is 13.0. The number of piperidine rings is 1. The summed E-state index contributed by atoms with van der Waals surface area (Å²) in [5.74, 6) is 0. The second kappa shape index (κ2) is 6.44. The number of pyridine rings is 1. The largest absolute Gasteiger partial charge is 0.366 e. The molecule has 0 spiro atoms. The van der Waals surface area contributed by atoms with Crippen molar-refractivity contribution in [3.05, 3.63) is 36.5 Å². The Labute approximate surface area is 127 Å². The predicted octanol–water partition coefficient (Wildman–Crippen LogP) is 3.59. The minimum atomic E-state index is 0.516. The van der Waals surface area contributed by atoms with Gasteiger partial charge in [0.15, 0.2) is 0 Å². The molecule has 2 heterocycles. The maximum absolute atomic E-state index is 4.50. The van der Waals surface area contributed by atoms with Crippen LogP contribution in [0.3, 0.4) is 0 Å². The van der Waals surface area contributed by atoms with Gasteiger partial charge in [-0.1, -0.05) is 25.1 Å². The fourth-order valence-corrected chi connectivity index (χ4v) is 3.57. The van der Waals surface area contributed by atoms with Gasteiger partial charge < -0.3 is 10.2 Å². The van der Waals surface area contributed by atoms with E-state index >= 15 is 0 Å². The Morgan fingerprint density at radius 2 is 2.14 bits per heavy atom. The molecule has 2 aromatic rings. The highest BCUT2D eigenvalue weighted by Gasteiger charge is 2.28. The van der Waals surface area contributed by atoms with Crippen LogP contribution in [0.4, 0.5) is 5.69 Å². The summed E-state index contributed by atoms with van der Waals surface area (Å²) in [6, 6.07) is 11.7. The van der Waals surface area contributed by atoms with Crippen molar-refractivity contribution in [2.75, 3.05) is 18.0 Å². The minimum absolute atomic E-state index is 0.516. The van der Waals surface area contributed by atoms with E-state index in [1.807, 2.05) is 6.20 Å². The molecule has 1 N–H and O–H groups in total. The smallest absolute Gasteiger partial charge is 0.0722 e. The molecule has 112 valence electrons. The van der Waals surface area contributed by atoms with Crippen molar-refractivity contribution in [2.24, 2.45) is 0 Å². The normalized spacial score (nSPS) is 20.7. The zero-order valence-corrected chi connectivity index (χ0v) is 13.0. The van der Waals surface area contributed by atoms with E-state index < -0.39 is 0 Å². The average molecular weight is 283 g/mol. The SMILES string of the molecule is CCNC(C)C1CCCCN1c1ccnc2ccccc12. The number of benzene rings is 1. The molecule has 0 saturated carbocycles. The maximum atomic E-state index is 4.50. The van der Waals surface area contributed by atoms with Crippen LogP contribution in [0.1, 0.15) is 33.1 Å². The molecular weight excluding hydrogens is 258 g/mol. The zero-order chi connectivity index (χ0) is 14.7. The van der Waals surface area contributed by atoms with Crippen molar-refractivity contribution in [3.63, 3.8) is 0 Å². The van der Waals surface area contributed by atoms with E-state index in [0.29, 0.717) is 12.1 Å². The monoisotopic (exact) mass is 283 g/mol. The lowest BCUT2D eigenvalue weighted by Gasteiger charge is -2.41. The highest BCUT2D eigenvalue weighted by Crippen LogP contribution is 2.31. The molecule has 1 aliphatic heterocycles. The van der Waals surface area contributed by atoms with Crippen LogP contribution in [0.5, 0.6) is 0 Å². The van der Waals surface area contributed by atoms with Gasteiger partial charge in [0.2, 0.25) is 0 Å². The number of nitrogens with one attached hydrogen (secondary N) is 1. The Kier molecular flexibility index (Phi) is 4.39.